The van der Waals surface area contributed by atoms with Crippen LogP contribution in [0.5, 0.6) is 0 Å². The fraction of sp³-hybridized carbons (Fsp3) is 0.625. The van der Waals surface area contributed by atoms with E-state index >= 15 is 0 Å². The molecular formula is C24H36N2O4. The van der Waals surface area contributed by atoms with Gasteiger partial charge in [-0.1, -0.05) is 51.1 Å². The molecule has 6 nitrogen and oxygen atoms in total. The molecule has 0 aromatic heterocycles. The van der Waals surface area contributed by atoms with E-state index in [-0.39, 0.29) is 30.5 Å². The lowest BCUT2D eigenvalue weighted by Crippen LogP contribution is -2.55. The van der Waals surface area contributed by atoms with Crippen LogP contribution >= 0.6 is 0 Å². The van der Waals surface area contributed by atoms with Gasteiger partial charge in [-0.15, -0.1) is 0 Å². The number of urea groups is 1. The molecule has 3 unspecified atom stereocenters. The van der Waals surface area contributed by atoms with E-state index in [9.17, 15) is 14.4 Å². The molecule has 1 aliphatic rings. The van der Waals surface area contributed by atoms with Crippen molar-refractivity contribution in [2.24, 2.45) is 11.3 Å². The predicted octanol–water partition coefficient (Wildman–Crippen LogP) is 4.45. The van der Waals surface area contributed by atoms with Gasteiger partial charge in [-0.2, -0.15) is 0 Å². The SMILES string of the molecule is CCOC(=O)C1C(C(C)(C)C)C(=O)C(c2ccccc2)N1C(=O)N(C(C)C)C(C)C. The molecule has 0 spiro atoms. The Bertz CT molecular complexity index is 759. The molecule has 2 rings (SSSR count). The molecule has 1 aromatic rings. The van der Waals surface area contributed by atoms with Gasteiger partial charge >= 0.3 is 12.0 Å². The molecule has 6 heteroatoms. The number of carbonyl (C=O) groups is 3. The van der Waals surface area contributed by atoms with Gasteiger partial charge in [0.15, 0.2) is 5.78 Å². The summed E-state index contributed by atoms with van der Waals surface area (Å²) in [5.41, 5.74) is 0.196. The van der Waals surface area contributed by atoms with E-state index < -0.39 is 29.4 Å². The van der Waals surface area contributed by atoms with Crippen LogP contribution in [0.25, 0.3) is 0 Å². The van der Waals surface area contributed by atoms with Crippen LogP contribution in [0.2, 0.25) is 0 Å². The quantitative estimate of drug-likeness (QED) is 0.665. The summed E-state index contributed by atoms with van der Waals surface area (Å²) in [6.07, 6.45) is 0. The van der Waals surface area contributed by atoms with Gasteiger partial charge < -0.3 is 9.64 Å². The number of ether oxygens (including phenoxy) is 1. The van der Waals surface area contributed by atoms with Crippen molar-refractivity contribution in [3.8, 4) is 0 Å². The Morgan fingerprint density at radius 3 is 2.03 bits per heavy atom. The second-order valence-corrected chi connectivity index (χ2v) is 9.54. The molecule has 166 valence electrons. The van der Waals surface area contributed by atoms with E-state index in [2.05, 4.69) is 0 Å². The van der Waals surface area contributed by atoms with Gasteiger partial charge in [-0.25, -0.2) is 9.59 Å². The average Bonchev–Trinajstić information content (AvgIpc) is 2.95. The zero-order chi connectivity index (χ0) is 22.8. The maximum atomic E-state index is 13.8. The standard InChI is InChI=1S/C24H36N2O4/c1-9-30-22(28)20-18(24(6,7)8)21(27)19(17-13-11-10-12-14-17)26(20)23(29)25(15(2)3)16(4)5/h10-16,18-20H,9H2,1-8H3. The molecular weight excluding hydrogens is 380 g/mol. The van der Waals surface area contributed by atoms with Crippen molar-refractivity contribution in [1.29, 1.82) is 0 Å². The Morgan fingerprint density at radius 1 is 1.07 bits per heavy atom. The number of hydrogen-bond donors (Lipinski definition) is 0. The molecule has 1 saturated heterocycles. The number of Topliss-reactive ketones (excluding diaryl/α,β-unsaturated/α-hetero) is 1. The Labute approximate surface area is 180 Å². The zero-order valence-corrected chi connectivity index (χ0v) is 19.5. The third-order valence-corrected chi connectivity index (χ3v) is 5.60. The summed E-state index contributed by atoms with van der Waals surface area (Å²) in [5.74, 6) is -1.30. The van der Waals surface area contributed by atoms with Gasteiger partial charge in [0.05, 0.1) is 12.5 Å². The molecule has 30 heavy (non-hydrogen) atoms. The first-order valence-corrected chi connectivity index (χ1v) is 10.8. The first kappa shape index (κ1) is 23.9. The summed E-state index contributed by atoms with van der Waals surface area (Å²) in [4.78, 5) is 43.9. The van der Waals surface area contributed by atoms with Gasteiger partial charge in [0.25, 0.3) is 0 Å². The number of nitrogens with zero attached hydrogens (tertiary/aromatic N) is 2. The molecule has 0 aliphatic carbocycles. The number of rotatable bonds is 5. The fourth-order valence-corrected chi connectivity index (χ4v) is 4.52. The normalized spacial score (nSPS) is 22.0. The summed E-state index contributed by atoms with van der Waals surface area (Å²) >= 11 is 0. The van der Waals surface area contributed by atoms with Crippen molar-refractivity contribution in [2.75, 3.05) is 6.61 Å². The van der Waals surface area contributed by atoms with Crippen molar-refractivity contribution in [3.05, 3.63) is 35.9 Å². The summed E-state index contributed by atoms with van der Waals surface area (Å²) in [7, 11) is 0. The van der Waals surface area contributed by atoms with Crippen LogP contribution in [0.3, 0.4) is 0 Å². The van der Waals surface area contributed by atoms with Gasteiger partial charge in [0, 0.05) is 12.1 Å². The minimum Gasteiger partial charge on any atom is -0.464 e. The Kier molecular flexibility index (Phi) is 7.32. The molecule has 0 N–H and O–H groups in total. The third kappa shape index (κ3) is 4.52. The van der Waals surface area contributed by atoms with Crippen molar-refractivity contribution < 1.29 is 19.1 Å². The van der Waals surface area contributed by atoms with Crippen LogP contribution in [0.4, 0.5) is 4.79 Å². The molecule has 2 amide bonds. The predicted molar refractivity (Wildman–Crippen MR) is 117 cm³/mol. The second-order valence-electron chi connectivity index (χ2n) is 9.54. The van der Waals surface area contributed by atoms with Crippen LogP contribution in [0, 0.1) is 11.3 Å². The molecule has 1 fully saturated rings. The molecule has 3 atom stereocenters. The number of amides is 2. The number of hydrogen-bond acceptors (Lipinski definition) is 4. The highest BCUT2D eigenvalue weighted by atomic mass is 16.5. The minimum absolute atomic E-state index is 0.0828. The van der Waals surface area contributed by atoms with Gasteiger partial charge in [-0.3, -0.25) is 9.69 Å². The highest BCUT2D eigenvalue weighted by Crippen LogP contribution is 2.46. The monoisotopic (exact) mass is 416 g/mol. The first-order valence-electron chi connectivity index (χ1n) is 10.8. The van der Waals surface area contributed by atoms with E-state index in [0.717, 1.165) is 0 Å². The van der Waals surface area contributed by atoms with E-state index in [1.165, 1.54) is 4.90 Å². The highest BCUT2D eigenvalue weighted by Gasteiger charge is 2.59. The first-order chi connectivity index (χ1) is 13.9. The molecule has 0 saturated carbocycles. The number of benzene rings is 1. The summed E-state index contributed by atoms with van der Waals surface area (Å²) in [5, 5.41) is 0. The van der Waals surface area contributed by atoms with Crippen molar-refractivity contribution in [3.63, 3.8) is 0 Å². The maximum absolute atomic E-state index is 13.8. The molecule has 0 radical (unpaired) electrons. The Hall–Kier alpha value is -2.37. The van der Waals surface area contributed by atoms with Crippen LogP contribution in [0.1, 0.15) is 67.0 Å². The van der Waals surface area contributed by atoms with Gasteiger partial charge in [-0.05, 0) is 45.6 Å². The van der Waals surface area contributed by atoms with E-state index in [4.69, 9.17) is 4.74 Å². The lowest BCUT2D eigenvalue weighted by atomic mass is 9.74. The molecule has 1 heterocycles. The molecule has 0 bridgehead atoms. The second kappa shape index (κ2) is 9.19. The number of ketones is 1. The number of likely N-dealkylation sites (tertiary alicyclic amines) is 1. The van der Waals surface area contributed by atoms with Crippen LogP contribution in [0.15, 0.2) is 30.3 Å². The third-order valence-electron chi connectivity index (χ3n) is 5.60. The number of carbonyl (C=O) groups excluding carboxylic acids is 3. The summed E-state index contributed by atoms with van der Waals surface area (Å²) in [6, 6.07) is 6.97. The lowest BCUT2D eigenvalue weighted by Gasteiger charge is -2.39. The number of esters is 1. The van der Waals surface area contributed by atoms with Crippen LogP contribution in [-0.4, -0.2) is 52.3 Å². The van der Waals surface area contributed by atoms with Gasteiger partial charge in [0.2, 0.25) is 0 Å². The van der Waals surface area contributed by atoms with Crippen molar-refractivity contribution in [2.45, 2.75) is 79.6 Å². The summed E-state index contributed by atoms with van der Waals surface area (Å²) < 4.78 is 5.36. The van der Waals surface area contributed by atoms with Crippen molar-refractivity contribution >= 4 is 17.8 Å². The minimum atomic E-state index is -0.963. The lowest BCUT2D eigenvalue weighted by molar-refractivity contribution is -0.151. The maximum Gasteiger partial charge on any atom is 0.329 e. The van der Waals surface area contributed by atoms with Crippen molar-refractivity contribution in [1.82, 2.24) is 9.80 Å². The Morgan fingerprint density at radius 2 is 1.60 bits per heavy atom. The summed E-state index contributed by atoms with van der Waals surface area (Å²) in [6.45, 7) is 15.5. The topological polar surface area (TPSA) is 66.9 Å². The Balaban J connectivity index is 2.71. The molecule has 1 aromatic carbocycles. The van der Waals surface area contributed by atoms with Crippen LogP contribution in [-0.2, 0) is 14.3 Å². The van der Waals surface area contributed by atoms with E-state index in [0.29, 0.717) is 5.56 Å². The smallest absolute Gasteiger partial charge is 0.329 e. The zero-order valence-electron chi connectivity index (χ0n) is 19.5. The van der Waals surface area contributed by atoms with Crippen LogP contribution < -0.4 is 0 Å². The molecule has 1 aliphatic heterocycles. The highest BCUT2D eigenvalue weighted by molar-refractivity contribution is 6.01. The average molecular weight is 417 g/mol. The van der Waals surface area contributed by atoms with Gasteiger partial charge in [0.1, 0.15) is 12.1 Å². The fourth-order valence-electron chi connectivity index (χ4n) is 4.52. The van der Waals surface area contributed by atoms with E-state index in [1.807, 2.05) is 78.8 Å². The van der Waals surface area contributed by atoms with E-state index in [1.54, 1.807) is 11.8 Å². The largest absolute Gasteiger partial charge is 0.464 e.